The molecule has 140 valence electrons. The monoisotopic (exact) mass is 367 g/mol. The summed E-state index contributed by atoms with van der Waals surface area (Å²) < 4.78 is 18.3. The molecule has 2 aromatic carbocycles. The van der Waals surface area contributed by atoms with Crippen LogP contribution in [0, 0.1) is 5.82 Å². The number of carbonyl (C=O) groups is 2. The van der Waals surface area contributed by atoms with Gasteiger partial charge in [-0.25, -0.2) is 9.18 Å². The lowest BCUT2D eigenvalue weighted by atomic mass is 9.87. The Labute approximate surface area is 158 Å². The Kier molecular flexibility index (Phi) is 6.01. The molecule has 0 heterocycles. The average Bonchev–Trinajstić information content (AvgIpc) is 2.66. The molecule has 2 aromatic rings. The lowest BCUT2D eigenvalue weighted by Crippen LogP contribution is -2.39. The maximum atomic E-state index is 13.1. The summed E-state index contributed by atoms with van der Waals surface area (Å²) in [6, 6.07) is 13.9. The van der Waals surface area contributed by atoms with E-state index >= 15 is 0 Å². The van der Waals surface area contributed by atoms with Crippen molar-refractivity contribution in [1.29, 1.82) is 0 Å². The van der Waals surface area contributed by atoms with Crippen molar-refractivity contribution in [3.8, 4) is 0 Å². The first-order valence-electron chi connectivity index (χ1n) is 9.05. The number of hydrogen-bond donors (Lipinski definition) is 1. The Morgan fingerprint density at radius 3 is 2.85 bits per heavy atom. The molecule has 27 heavy (non-hydrogen) atoms. The second-order valence-electron chi connectivity index (χ2n) is 6.62. The van der Waals surface area contributed by atoms with E-state index in [0.717, 1.165) is 24.8 Å². The number of esters is 1. The van der Waals surface area contributed by atoms with Gasteiger partial charge in [-0.05, 0) is 61.1 Å². The Morgan fingerprint density at radius 1 is 1.22 bits per heavy atom. The second kappa shape index (κ2) is 8.62. The van der Waals surface area contributed by atoms with Crippen molar-refractivity contribution in [1.82, 2.24) is 5.32 Å². The van der Waals surface area contributed by atoms with E-state index in [1.54, 1.807) is 12.1 Å². The number of nitrogens with one attached hydrogen (secondary N) is 1. The molecule has 0 saturated heterocycles. The lowest BCUT2D eigenvalue weighted by molar-refractivity contribution is -0.150. The molecule has 5 heteroatoms. The molecule has 0 radical (unpaired) electrons. The molecule has 0 spiro atoms. The van der Waals surface area contributed by atoms with Crippen LogP contribution < -0.4 is 5.32 Å². The van der Waals surface area contributed by atoms with E-state index in [-0.39, 0.29) is 17.8 Å². The minimum Gasteiger partial charge on any atom is -0.449 e. The highest BCUT2D eigenvalue weighted by atomic mass is 19.1. The molecule has 0 bridgehead atoms. The van der Waals surface area contributed by atoms with Crippen LogP contribution in [0.3, 0.4) is 0 Å². The van der Waals surface area contributed by atoms with Gasteiger partial charge >= 0.3 is 5.97 Å². The number of ether oxygens (including phenoxy) is 1. The van der Waals surface area contributed by atoms with E-state index < -0.39 is 12.1 Å². The molecule has 1 aliphatic carbocycles. The van der Waals surface area contributed by atoms with Gasteiger partial charge in [0.05, 0.1) is 6.04 Å². The van der Waals surface area contributed by atoms with E-state index in [0.29, 0.717) is 5.56 Å². The molecule has 0 fully saturated rings. The van der Waals surface area contributed by atoms with Gasteiger partial charge in [-0.15, -0.1) is 0 Å². The maximum absolute atomic E-state index is 13.1. The van der Waals surface area contributed by atoms with Crippen LogP contribution in [-0.2, 0) is 20.7 Å². The number of halogens is 1. The van der Waals surface area contributed by atoms with Crippen LogP contribution in [0.2, 0.25) is 0 Å². The molecule has 3 rings (SSSR count). The smallest absolute Gasteiger partial charge is 0.331 e. The van der Waals surface area contributed by atoms with Crippen LogP contribution in [0.25, 0.3) is 6.08 Å². The summed E-state index contributed by atoms with van der Waals surface area (Å²) >= 11 is 0. The predicted octanol–water partition coefficient (Wildman–Crippen LogP) is 3.96. The first kappa shape index (κ1) is 18.8. The van der Waals surface area contributed by atoms with Gasteiger partial charge < -0.3 is 10.1 Å². The summed E-state index contributed by atoms with van der Waals surface area (Å²) in [6.07, 6.45) is 4.61. The summed E-state index contributed by atoms with van der Waals surface area (Å²) in [7, 11) is 0. The molecule has 1 aliphatic rings. The molecule has 0 aliphatic heterocycles. The highest BCUT2D eigenvalue weighted by Crippen LogP contribution is 2.29. The number of hydrogen-bond acceptors (Lipinski definition) is 3. The highest BCUT2D eigenvalue weighted by molar-refractivity contribution is 5.90. The van der Waals surface area contributed by atoms with E-state index in [4.69, 9.17) is 4.74 Å². The normalized spacial score (nSPS) is 17.2. The third-order valence-electron chi connectivity index (χ3n) is 4.61. The van der Waals surface area contributed by atoms with Gasteiger partial charge in [0, 0.05) is 6.08 Å². The molecule has 0 aromatic heterocycles. The number of benzene rings is 2. The van der Waals surface area contributed by atoms with Crippen molar-refractivity contribution in [3.05, 3.63) is 77.1 Å². The van der Waals surface area contributed by atoms with Gasteiger partial charge in [-0.1, -0.05) is 36.4 Å². The van der Waals surface area contributed by atoms with Crippen LogP contribution in [0.5, 0.6) is 0 Å². The summed E-state index contributed by atoms with van der Waals surface area (Å²) in [5.74, 6) is -1.36. The van der Waals surface area contributed by atoms with E-state index in [1.165, 1.54) is 36.8 Å². The Balaban J connectivity index is 1.56. The van der Waals surface area contributed by atoms with Crippen molar-refractivity contribution in [2.24, 2.45) is 0 Å². The molecular weight excluding hydrogens is 345 g/mol. The SMILES string of the molecule is C[C@@H](OC(=O)/C=C/c1cccc(F)c1)C(=O)N[C@H]1CCCc2ccccc21. The quantitative estimate of drug-likeness (QED) is 0.643. The zero-order valence-electron chi connectivity index (χ0n) is 15.2. The lowest BCUT2D eigenvalue weighted by Gasteiger charge is -2.27. The fourth-order valence-corrected chi connectivity index (χ4v) is 3.23. The van der Waals surface area contributed by atoms with Gasteiger partial charge in [0.15, 0.2) is 6.10 Å². The van der Waals surface area contributed by atoms with Crippen molar-refractivity contribution in [2.45, 2.75) is 38.3 Å². The first-order valence-corrected chi connectivity index (χ1v) is 9.05. The molecule has 0 unspecified atom stereocenters. The minimum atomic E-state index is -0.913. The van der Waals surface area contributed by atoms with Gasteiger partial charge in [0.2, 0.25) is 0 Å². The average molecular weight is 367 g/mol. The number of carbonyl (C=O) groups excluding carboxylic acids is 2. The van der Waals surface area contributed by atoms with E-state index in [2.05, 4.69) is 11.4 Å². The van der Waals surface area contributed by atoms with Crippen molar-refractivity contribution in [2.75, 3.05) is 0 Å². The molecule has 2 atom stereocenters. The predicted molar refractivity (Wildman–Crippen MR) is 101 cm³/mol. The molecular formula is C22H22FNO3. The van der Waals surface area contributed by atoms with Crippen molar-refractivity contribution < 1.29 is 18.7 Å². The summed E-state index contributed by atoms with van der Waals surface area (Å²) in [6.45, 7) is 1.54. The minimum absolute atomic E-state index is 0.0635. The van der Waals surface area contributed by atoms with Crippen LogP contribution in [0.15, 0.2) is 54.6 Å². The van der Waals surface area contributed by atoms with Crippen LogP contribution in [-0.4, -0.2) is 18.0 Å². The van der Waals surface area contributed by atoms with Gasteiger partial charge in [0.1, 0.15) is 5.82 Å². The Morgan fingerprint density at radius 2 is 2.04 bits per heavy atom. The molecule has 0 saturated carbocycles. The van der Waals surface area contributed by atoms with Gasteiger partial charge in [-0.2, -0.15) is 0 Å². The second-order valence-corrected chi connectivity index (χ2v) is 6.62. The van der Waals surface area contributed by atoms with Gasteiger partial charge in [-0.3, -0.25) is 4.79 Å². The standard InChI is InChI=1S/C22H22FNO3/c1-15(27-21(25)13-12-16-6-4-9-18(23)14-16)22(26)24-20-11-5-8-17-7-2-3-10-19(17)20/h2-4,6-7,9-10,12-15,20H,5,8,11H2,1H3,(H,24,26)/b13-12+/t15-,20+/m1/s1. The summed E-state index contributed by atoms with van der Waals surface area (Å²) in [5, 5.41) is 2.97. The van der Waals surface area contributed by atoms with E-state index in [9.17, 15) is 14.0 Å². The van der Waals surface area contributed by atoms with Crippen molar-refractivity contribution >= 4 is 18.0 Å². The van der Waals surface area contributed by atoms with E-state index in [1.807, 2.05) is 18.2 Å². The van der Waals surface area contributed by atoms with Crippen LogP contribution >= 0.6 is 0 Å². The number of aryl methyl sites for hydroxylation is 1. The summed E-state index contributed by atoms with van der Waals surface area (Å²) in [5.41, 5.74) is 2.92. The topological polar surface area (TPSA) is 55.4 Å². The molecule has 4 nitrogen and oxygen atoms in total. The number of amides is 1. The largest absolute Gasteiger partial charge is 0.449 e. The molecule has 1 amide bonds. The highest BCUT2D eigenvalue weighted by Gasteiger charge is 2.24. The number of rotatable bonds is 5. The Hall–Kier alpha value is -2.95. The third kappa shape index (κ3) is 5.03. The van der Waals surface area contributed by atoms with Crippen molar-refractivity contribution in [3.63, 3.8) is 0 Å². The first-order chi connectivity index (χ1) is 13.0. The maximum Gasteiger partial charge on any atom is 0.331 e. The fraction of sp³-hybridized carbons (Fsp3) is 0.273. The van der Waals surface area contributed by atoms with Crippen LogP contribution in [0.1, 0.15) is 42.5 Å². The Bertz CT molecular complexity index is 862. The zero-order chi connectivity index (χ0) is 19.2. The molecule has 1 N–H and O–H groups in total. The van der Waals surface area contributed by atoms with Crippen LogP contribution in [0.4, 0.5) is 4.39 Å². The van der Waals surface area contributed by atoms with Gasteiger partial charge in [0.25, 0.3) is 5.91 Å². The number of fused-ring (bicyclic) bond motifs is 1. The fourth-order valence-electron chi connectivity index (χ4n) is 3.23. The summed E-state index contributed by atoms with van der Waals surface area (Å²) in [4.78, 5) is 24.3. The third-order valence-corrected chi connectivity index (χ3v) is 4.61. The zero-order valence-corrected chi connectivity index (χ0v) is 15.2.